The Morgan fingerprint density at radius 2 is 1.95 bits per heavy atom. The van der Waals surface area contributed by atoms with Crippen molar-refractivity contribution < 1.29 is 31.5 Å². The van der Waals surface area contributed by atoms with Crippen LogP contribution in [0.15, 0.2) is 34.5 Å². The number of anilines is 1. The van der Waals surface area contributed by atoms with Crippen LogP contribution in [0.5, 0.6) is 0 Å². The first kappa shape index (κ1) is 29.6. The van der Waals surface area contributed by atoms with Gasteiger partial charge < -0.3 is 14.5 Å². The molecule has 5 rings (SSSR count). The zero-order valence-corrected chi connectivity index (χ0v) is 23.7. The van der Waals surface area contributed by atoms with E-state index in [1.54, 1.807) is 9.80 Å². The minimum Gasteiger partial charge on any atom is -0.383 e. The monoisotopic (exact) mass is 598 g/mol. The molecule has 222 valence electrons. The Bertz CT molecular complexity index is 1480. The molecule has 1 fully saturated rings. The number of nitrogens with zero attached hydrogens (tertiary/aromatic N) is 4. The third-order valence-corrected chi connectivity index (χ3v) is 9.21. The number of thioether (sulfide) groups is 1. The molecule has 1 aromatic carbocycles. The fourth-order valence-electron chi connectivity index (χ4n) is 6.25. The largest absolute Gasteiger partial charge is 0.417 e. The summed E-state index contributed by atoms with van der Waals surface area (Å²) in [6.45, 7) is 7.81. The van der Waals surface area contributed by atoms with E-state index in [0.29, 0.717) is 5.52 Å². The fourth-order valence-corrected chi connectivity index (χ4v) is 7.58. The maximum atomic E-state index is 14.7. The molecule has 2 aliphatic heterocycles. The third kappa shape index (κ3) is 5.26. The quantitative estimate of drug-likeness (QED) is 0.334. The molecule has 0 N–H and O–H groups in total. The minimum absolute atomic E-state index is 0.103. The number of hydrogen-bond acceptors (Lipinski definition) is 6. The molecular weight excluding hydrogens is 567 g/mol. The van der Waals surface area contributed by atoms with Crippen LogP contribution in [0.25, 0.3) is 16.5 Å². The highest BCUT2D eigenvalue weighted by molar-refractivity contribution is 7.99. The van der Waals surface area contributed by atoms with Gasteiger partial charge in [0.05, 0.1) is 23.7 Å². The van der Waals surface area contributed by atoms with Crippen molar-refractivity contribution in [2.75, 3.05) is 37.5 Å². The highest BCUT2D eigenvalue weighted by Crippen LogP contribution is 2.50. The van der Waals surface area contributed by atoms with Crippen LogP contribution in [0.3, 0.4) is 0 Å². The molecule has 1 saturated heterocycles. The zero-order valence-electron chi connectivity index (χ0n) is 22.9. The molecule has 1 amide bonds. The standard InChI is InChI=1S/C28H31F5N4O3S/c1-5-21(38)36-15(2)11-35(12-16(36)3)25-19-10-20(28(31,32)33)22(17-6-8-27(29,30)9-7-17)24-23(19)37(26(39)34-25)18(13-40-4)14-41-24/h5-6,10,15-16,18H,1,7-9,11-14H2,2-4H3/t15-,16+,18-/m0/s1. The van der Waals surface area contributed by atoms with Gasteiger partial charge in [0.1, 0.15) is 5.82 Å². The molecule has 0 saturated carbocycles. The number of ether oxygens (including phenoxy) is 1. The molecule has 41 heavy (non-hydrogen) atoms. The summed E-state index contributed by atoms with van der Waals surface area (Å²) in [5.74, 6) is -2.88. The molecule has 0 unspecified atom stereocenters. The maximum Gasteiger partial charge on any atom is 0.417 e. The molecule has 0 bridgehead atoms. The Morgan fingerprint density at radius 3 is 2.51 bits per heavy atom. The van der Waals surface area contributed by atoms with E-state index < -0.39 is 42.2 Å². The molecule has 3 atom stereocenters. The fraction of sp³-hybridized carbons (Fsp3) is 0.536. The number of rotatable bonds is 5. The van der Waals surface area contributed by atoms with Crippen LogP contribution < -0.4 is 10.6 Å². The van der Waals surface area contributed by atoms with Gasteiger partial charge in [-0.3, -0.25) is 9.36 Å². The summed E-state index contributed by atoms with van der Waals surface area (Å²) in [4.78, 5) is 34.0. The first-order valence-corrected chi connectivity index (χ1v) is 14.3. The van der Waals surface area contributed by atoms with Gasteiger partial charge in [-0.2, -0.15) is 18.2 Å². The van der Waals surface area contributed by atoms with E-state index in [9.17, 15) is 31.5 Å². The third-order valence-electron chi connectivity index (χ3n) is 7.97. The van der Waals surface area contributed by atoms with Gasteiger partial charge in [-0.05, 0) is 38.0 Å². The van der Waals surface area contributed by atoms with Gasteiger partial charge in [-0.1, -0.05) is 12.7 Å². The summed E-state index contributed by atoms with van der Waals surface area (Å²) >= 11 is 1.17. The lowest BCUT2D eigenvalue weighted by atomic mass is 9.87. The number of carbonyl (C=O) groups excluding carboxylic acids is 1. The highest BCUT2D eigenvalue weighted by atomic mass is 32.2. The van der Waals surface area contributed by atoms with Gasteiger partial charge >= 0.3 is 11.9 Å². The number of piperazine rings is 1. The summed E-state index contributed by atoms with van der Waals surface area (Å²) in [5, 5.41) is 0.147. The molecule has 7 nitrogen and oxygen atoms in total. The van der Waals surface area contributed by atoms with Crippen molar-refractivity contribution in [1.82, 2.24) is 14.5 Å². The van der Waals surface area contributed by atoms with Crippen LogP contribution in [-0.2, 0) is 15.7 Å². The van der Waals surface area contributed by atoms with E-state index in [1.165, 1.54) is 35.6 Å². The lowest BCUT2D eigenvalue weighted by molar-refractivity contribution is -0.138. The first-order valence-electron chi connectivity index (χ1n) is 13.4. The smallest absolute Gasteiger partial charge is 0.383 e. The summed E-state index contributed by atoms with van der Waals surface area (Å²) in [7, 11) is 1.47. The van der Waals surface area contributed by atoms with E-state index >= 15 is 0 Å². The van der Waals surface area contributed by atoms with Crippen molar-refractivity contribution in [3.63, 3.8) is 0 Å². The summed E-state index contributed by atoms with van der Waals surface area (Å²) in [6, 6.07) is -0.140. The molecule has 1 aliphatic carbocycles. The van der Waals surface area contributed by atoms with Crippen LogP contribution in [-0.4, -0.2) is 70.9 Å². The van der Waals surface area contributed by atoms with Crippen LogP contribution >= 0.6 is 11.8 Å². The summed E-state index contributed by atoms with van der Waals surface area (Å²) < 4.78 is 78.8. The second kappa shape index (κ2) is 10.7. The van der Waals surface area contributed by atoms with Gasteiger partial charge in [-0.25, -0.2) is 13.6 Å². The highest BCUT2D eigenvalue weighted by Gasteiger charge is 2.42. The van der Waals surface area contributed by atoms with Crippen molar-refractivity contribution in [2.45, 2.75) is 68.2 Å². The van der Waals surface area contributed by atoms with Crippen LogP contribution in [0.1, 0.15) is 50.3 Å². The average Bonchev–Trinajstić information content (AvgIpc) is 2.89. The van der Waals surface area contributed by atoms with E-state index in [0.717, 1.165) is 6.07 Å². The molecule has 0 spiro atoms. The van der Waals surface area contributed by atoms with Crippen LogP contribution in [0, 0.1) is 0 Å². The lowest BCUT2D eigenvalue weighted by Crippen LogP contribution is -2.58. The van der Waals surface area contributed by atoms with E-state index in [2.05, 4.69) is 11.6 Å². The predicted molar refractivity (Wildman–Crippen MR) is 148 cm³/mol. The Morgan fingerprint density at radius 1 is 1.27 bits per heavy atom. The molecule has 13 heteroatoms. The maximum absolute atomic E-state index is 14.7. The molecule has 2 aromatic rings. The van der Waals surface area contributed by atoms with Gasteiger partial charge in [0, 0.05) is 66.7 Å². The van der Waals surface area contributed by atoms with Crippen molar-refractivity contribution in [3.05, 3.63) is 46.4 Å². The number of benzene rings is 1. The number of carbonyl (C=O) groups is 1. The van der Waals surface area contributed by atoms with Gasteiger partial charge in [0.2, 0.25) is 5.91 Å². The SMILES string of the molecule is C=CC(=O)N1[C@H](C)CN(c2nc(=O)n3c4c(c(C5=CCC(F)(F)CC5)c(C(F)(F)F)cc24)SC[C@@H]3COC)C[C@@H]1C. The Hall–Kier alpha value is -2.93. The van der Waals surface area contributed by atoms with E-state index in [1.807, 2.05) is 13.8 Å². The van der Waals surface area contributed by atoms with Crippen molar-refractivity contribution in [3.8, 4) is 0 Å². The van der Waals surface area contributed by atoms with Crippen LogP contribution in [0.2, 0.25) is 0 Å². The number of aromatic nitrogens is 2. The lowest BCUT2D eigenvalue weighted by Gasteiger charge is -2.45. The second-order valence-electron chi connectivity index (χ2n) is 10.9. The van der Waals surface area contributed by atoms with Crippen molar-refractivity contribution in [2.24, 2.45) is 0 Å². The number of hydrogen-bond donors (Lipinski definition) is 0. The average molecular weight is 599 g/mol. The zero-order chi connectivity index (χ0) is 29.9. The van der Waals surface area contributed by atoms with Crippen molar-refractivity contribution >= 4 is 40.0 Å². The Labute approximate surface area is 238 Å². The number of alkyl halides is 5. The van der Waals surface area contributed by atoms with Gasteiger partial charge in [-0.15, -0.1) is 11.8 Å². The molecule has 3 aliphatic rings. The van der Waals surface area contributed by atoms with Gasteiger partial charge in [0.25, 0.3) is 5.92 Å². The molecular formula is C28H31F5N4O3S. The summed E-state index contributed by atoms with van der Waals surface area (Å²) in [6.07, 6.45) is -3.79. The first-order chi connectivity index (χ1) is 19.3. The molecule has 3 heterocycles. The van der Waals surface area contributed by atoms with E-state index in [-0.39, 0.29) is 77.1 Å². The number of halogens is 5. The predicted octanol–water partition coefficient (Wildman–Crippen LogP) is 5.52. The van der Waals surface area contributed by atoms with E-state index in [4.69, 9.17) is 4.74 Å². The van der Waals surface area contributed by atoms with Crippen LogP contribution in [0.4, 0.5) is 27.8 Å². The number of methoxy groups -OCH3 is 1. The Balaban J connectivity index is 1.78. The minimum atomic E-state index is -4.79. The number of amides is 1. The Kier molecular flexibility index (Phi) is 7.73. The van der Waals surface area contributed by atoms with Crippen molar-refractivity contribution in [1.29, 1.82) is 0 Å². The number of allylic oxidation sites excluding steroid dienone is 2. The second-order valence-corrected chi connectivity index (χ2v) is 11.9. The normalized spacial score (nSPS) is 24.4. The molecule has 0 radical (unpaired) electrons. The topological polar surface area (TPSA) is 67.7 Å². The summed E-state index contributed by atoms with van der Waals surface area (Å²) in [5.41, 5.74) is -1.21. The molecule has 1 aromatic heterocycles. The van der Waals surface area contributed by atoms with Gasteiger partial charge in [0.15, 0.2) is 0 Å².